The van der Waals surface area contributed by atoms with E-state index >= 15 is 0 Å². The van der Waals surface area contributed by atoms with E-state index in [0.717, 1.165) is 59.7 Å². The van der Waals surface area contributed by atoms with Crippen LogP contribution in [0.4, 0.5) is 10.9 Å². The molecule has 3 aromatic heterocycles. The Morgan fingerprint density at radius 2 is 2.28 bits per heavy atom. The van der Waals surface area contributed by atoms with Gasteiger partial charge in [-0.25, -0.2) is 19.9 Å². The van der Waals surface area contributed by atoms with Gasteiger partial charge in [0.05, 0.1) is 10.7 Å². The molecule has 0 aliphatic carbocycles. The highest BCUT2D eigenvalue weighted by Crippen LogP contribution is 2.22. The van der Waals surface area contributed by atoms with Crippen LogP contribution in [0.5, 0.6) is 0 Å². The minimum absolute atomic E-state index is 0.0502. The third-order valence-corrected chi connectivity index (χ3v) is 6.23. The number of rotatable bonds is 6. The van der Waals surface area contributed by atoms with Gasteiger partial charge in [-0.15, -0.1) is 22.7 Å². The molecular formula is C20H22N6OS2. The van der Waals surface area contributed by atoms with Crippen molar-refractivity contribution in [2.75, 3.05) is 18.4 Å². The number of aryl methyl sites for hydroxylation is 1. The second-order valence-electron chi connectivity index (χ2n) is 6.98. The number of carbonyl (C=O) groups is 1. The van der Waals surface area contributed by atoms with E-state index in [1.165, 1.54) is 11.3 Å². The molecule has 0 radical (unpaired) electrons. The van der Waals surface area contributed by atoms with E-state index in [2.05, 4.69) is 25.3 Å². The Kier molecular flexibility index (Phi) is 6.26. The molecule has 1 aliphatic heterocycles. The zero-order valence-electron chi connectivity index (χ0n) is 16.1. The highest BCUT2D eigenvalue weighted by Gasteiger charge is 2.23. The number of piperidine rings is 1. The number of nitrogens with one attached hydrogen (secondary N) is 1. The van der Waals surface area contributed by atoms with Gasteiger partial charge in [0, 0.05) is 47.9 Å². The maximum atomic E-state index is 12.6. The molecule has 1 fully saturated rings. The van der Waals surface area contributed by atoms with Crippen LogP contribution < -0.4 is 5.32 Å². The molecule has 0 bridgehead atoms. The monoisotopic (exact) mass is 426 g/mol. The summed E-state index contributed by atoms with van der Waals surface area (Å²) in [4.78, 5) is 31.8. The average Bonchev–Trinajstić information content (AvgIpc) is 3.38. The third-order valence-electron chi connectivity index (χ3n) is 4.75. The number of carbonyl (C=O) groups excluding carboxylic acids is 1. The number of hydrogen-bond acceptors (Lipinski definition) is 8. The summed E-state index contributed by atoms with van der Waals surface area (Å²) in [5.74, 6) is 1.19. The molecule has 150 valence electrons. The Morgan fingerprint density at radius 1 is 1.34 bits per heavy atom. The summed E-state index contributed by atoms with van der Waals surface area (Å²) in [6.45, 7) is 3.51. The molecule has 1 N–H and O–H groups in total. The van der Waals surface area contributed by atoms with Gasteiger partial charge < -0.3 is 10.2 Å². The quantitative estimate of drug-likeness (QED) is 0.601. The molecule has 0 aromatic carbocycles. The van der Waals surface area contributed by atoms with Crippen molar-refractivity contribution < 1.29 is 4.79 Å². The molecule has 0 spiro atoms. The highest BCUT2D eigenvalue weighted by atomic mass is 32.1. The van der Waals surface area contributed by atoms with Crippen molar-refractivity contribution in [3.05, 3.63) is 51.8 Å². The Labute approximate surface area is 177 Å². The van der Waals surface area contributed by atoms with Gasteiger partial charge in [-0.2, -0.15) is 0 Å². The first kappa shape index (κ1) is 19.7. The fraction of sp³-hybridized carbons (Fsp3) is 0.350. The summed E-state index contributed by atoms with van der Waals surface area (Å²) in [7, 11) is 0. The summed E-state index contributed by atoms with van der Waals surface area (Å²) in [6, 6.07) is 1.96. The van der Waals surface area contributed by atoms with Crippen molar-refractivity contribution >= 4 is 45.6 Å². The largest absolute Gasteiger partial charge is 0.339 e. The number of aromatic nitrogens is 4. The van der Waals surface area contributed by atoms with Gasteiger partial charge in [0.15, 0.2) is 5.13 Å². The van der Waals surface area contributed by atoms with Gasteiger partial charge >= 0.3 is 0 Å². The molecule has 1 atom stereocenters. The first-order valence-electron chi connectivity index (χ1n) is 9.52. The number of likely N-dealkylation sites (tertiary alicyclic amines) is 1. The zero-order valence-corrected chi connectivity index (χ0v) is 17.7. The molecule has 0 unspecified atom stereocenters. The lowest BCUT2D eigenvalue weighted by atomic mass is 9.93. The van der Waals surface area contributed by atoms with Crippen molar-refractivity contribution in [1.29, 1.82) is 0 Å². The Morgan fingerprint density at radius 3 is 3.07 bits per heavy atom. The minimum Gasteiger partial charge on any atom is -0.339 e. The predicted octanol–water partition coefficient (Wildman–Crippen LogP) is 3.94. The second kappa shape index (κ2) is 9.23. The Balaban J connectivity index is 1.35. The standard InChI is InChI=1S/C20H22N6OS2/c1-14-24-16(12-29-14)4-5-19(27)26-7-2-3-15(11-26)9-17-10-18(23-13-22-17)25-20-21-6-8-28-20/h4-6,8,10,12-13,15H,2-3,7,9,11H2,1H3,(H,21,22,23,25)/b5-4+/t15-/m1/s1. The van der Waals surface area contributed by atoms with Gasteiger partial charge in [0.1, 0.15) is 12.1 Å². The highest BCUT2D eigenvalue weighted by molar-refractivity contribution is 7.13. The van der Waals surface area contributed by atoms with Crippen LogP contribution in [0.1, 0.15) is 29.2 Å². The molecule has 1 saturated heterocycles. The summed E-state index contributed by atoms with van der Waals surface area (Å²) in [5, 5.41) is 8.90. The maximum absolute atomic E-state index is 12.6. The van der Waals surface area contributed by atoms with Crippen molar-refractivity contribution in [2.45, 2.75) is 26.2 Å². The van der Waals surface area contributed by atoms with Crippen molar-refractivity contribution in [1.82, 2.24) is 24.8 Å². The summed E-state index contributed by atoms with van der Waals surface area (Å²) in [5.41, 5.74) is 1.82. The van der Waals surface area contributed by atoms with Crippen LogP contribution in [0.15, 0.2) is 35.4 Å². The smallest absolute Gasteiger partial charge is 0.246 e. The third kappa shape index (κ3) is 5.45. The number of anilines is 2. The molecule has 1 amide bonds. The lowest BCUT2D eigenvalue weighted by Gasteiger charge is -2.32. The van der Waals surface area contributed by atoms with Crippen LogP contribution >= 0.6 is 22.7 Å². The number of thiazole rings is 2. The zero-order chi connectivity index (χ0) is 20.1. The van der Waals surface area contributed by atoms with Crippen LogP contribution in [0, 0.1) is 12.8 Å². The molecule has 3 aromatic rings. The van der Waals surface area contributed by atoms with E-state index in [0.29, 0.717) is 5.92 Å². The molecule has 1 aliphatic rings. The van der Waals surface area contributed by atoms with Crippen molar-refractivity contribution in [2.24, 2.45) is 5.92 Å². The predicted molar refractivity (Wildman–Crippen MR) is 116 cm³/mol. The molecule has 9 heteroatoms. The Hall–Kier alpha value is -2.65. The van der Waals surface area contributed by atoms with E-state index < -0.39 is 0 Å². The van der Waals surface area contributed by atoms with E-state index in [-0.39, 0.29) is 5.91 Å². The maximum Gasteiger partial charge on any atom is 0.246 e. The van der Waals surface area contributed by atoms with Gasteiger partial charge in [-0.3, -0.25) is 4.79 Å². The summed E-state index contributed by atoms with van der Waals surface area (Å²) < 4.78 is 0. The normalized spacial score (nSPS) is 17.0. The first-order chi connectivity index (χ1) is 14.2. The van der Waals surface area contributed by atoms with Crippen molar-refractivity contribution in [3.8, 4) is 0 Å². The lowest BCUT2D eigenvalue weighted by molar-refractivity contribution is -0.127. The molecule has 4 rings (SSSR count). The minimum atomic E-state index is 0.0502. The van der Waals surface area contributed by atoms with Gasteiger partial charge in [-0.05, 0) is 38.2 Å². The number of amides is 1. The van der Waals surface area contributed by atoms with Crippen LogP contribution in [0.25, 0.3) is 6.08 Å². The van der Waals surface area contributed by atoms with E-state index in [4.69, 9.17) is 0 Å². The summed E-state index contributed by atoms with van der Waals surface area (Å²) >= 11 is 3.12. The second-order valence-corrected chi connectivity index (χ2v) is 8.93. The molecule has 29 heavy (non-hydrogen) atoms. The lowest BCUT2D eigenvalue weighted by Crippen LogP contribution is -2.39. The van der Waals surface area contributed by atoms with E-state index in [1.807, 2.05) is 28.7 Å². The number of hydrogen-bond donors (Lipinski definition) is 1. The Bertz CT molecular complexity index is 985. The molecule has 7 nitrogen and oxygen atoms in total. The number of nitrogens with zero attached hydrogens (tertiary/aromatic N) is 5. The SMILES string of the molecule is Cc1nc(/C=C/C(=O)N2CCC[C@H](Cc3cc(Nc4nccs4)ncn3)C2)cs1. The first-order valence-corrected chi connectivity index (χ1v) is 11.3. The van der Waals surface area contributed by atoms with E-state index in [9.17, 15) is 4.79 Å². The topological polar surface area (TPSA) is 83.9 Å². The van der Waals surface area contributed by atoms with Crippen LogP contribution in [0.3, 0.4) is 0 Å². The van der Waals surface area contributed by atoms with Gasteiger partial charge in [0.25, 0.3) is 0 Å². The van der Waals surface area contributed by atoms with Crippen LogP contribution in [-0.4, -0.2) is 43.8 Å². The molecular weight excluding hydrogens is 404 g/mol. The van der Waals surface area contributed by atoms with Crippen molar-refractivity contribution in [3.63, 3.8) is 0 Å². The fourth-order valence-corrected chi connectivity index (χ4v) is 4.54. The van der Waals surface area contributed by atoms with Gasteiger partial charge in [0.2, 0.25) is 5.91 Å². The summed E-state index contributed by atoms with van der Waals surface area (Å²) in [6.07, 6.45) is 9.71. The average molecular weight is 427 g/mol. The van der Waals surface area contributed by atoms with Crippen LogP contribution in [0.2, 0.25) is 0 Å². The van der Waals surface area contributed by atoms with Gasteiger partial charge in [-0.1, -0.05) is 0 Å². The van der Waals surface area contributed by atoms with Crippen LogP contribution in [-0.2, 0) is 11.2 Å². The fourth-order valence-electron chi connectivity index (χ4n) is 3.42. The van der Waals surface area contributed by atoms with E-state index in [1.54, 1.807) is 36.0 Å². The molecule has 0 saturated carbocycles. The molecule has 4 heterocycles.